The number of piperidine rings is 1. The third-order valence-corrected chi connectivity index (χ3v) is 4.61. The molecule has 1 aromatic rings. The van der Waals surface area contributed by atoms with Crippen LogP contribution in [0.5, 0.6) is 0 Å². The van der Waals surface area contributed by atoms with E-state index in [-0.39, 0.29) is 17.7 Å². The minimum absolute atomic E-state index is 0.0186. The molecule has 124 valence electrons. The predicted octanol–water partition coefficient (Wildman–Crippen LogP) is 1.97. The van der Waals surface area contributed by atoms with Crippen molar-refractivity contribution in [2.24, 2.45) is 5.92 Å². The minimum Gasteiger partial charge on any atom is -0.381 e. The van der Waals surface area contributed by atoms with Gasteiger partial charge < -0.3 is 15.0 Å². The number of rotatable bonds is 4. The van der Waals surface area contributed by atoms with Crippen LogP contribution in [0.1, 0.15) is 41.6 Å². The zero-order valence-electron chi connectivity index (χ0n) is 13.4. The predicted molar refractivity (Wildman–Crippen MR) is 87.0 cm³/mol. The number of carbonyl (C=O) groups excluding carboxylic acids is 2. The number of benzene rings is 1. The number of nitrogens with zero attached hydrogens (tertiary/aromatic N) is 1. The van der Waals surface area contributed by atoms with Crippen molar-refractivity contribution in [3.05, 3.63) is 35.4 Å². The lowest BCUT2D eigenvalue weighted by Crippen LogP contribution is -2.35. The van der Waals surface area contributed by atoms with Crippen LogP contribution in [0.15, 0.2) is 24.3 Å². The van der Waals surface area contributed by atoms with Gasteiger partial charge in [0, 0.05) is 31.8 Å². The fourth-order valence-corrected chi connectivity index (χ4v) is 3.12. The van der Waals surface area contributed by atoms with E-state index in [0.29, 0.717) is 19.8 Å². The van der Waals surface area contributed by atoms with E-state index < -0.39 is 0 Å². The second-order valence-electron chi connectivity index (χ2n) is 6.33. The molecule has 5 nitrogen and oxygen atoms in total. The molecule has 0 radical (unpaired) electrons. The summed E-state index contributed by atoms with van der Waals surface area (Å²) in [6.45, 7) is 3.41. The van der Waals surface area contributed by atoms with Crippen molar-refractivity contribution in [3.63, 3.8) is 0 Å². The monoisotopic (exact) mass is 316 g/mol. The Labute approximate surface area is 137 Å². The van der Waals surface area contributed by atoms with E-state index in [1.165, 1.54) is 6.42 Å². The molecule has 5 heteroatoms. The van der Waals surface area contributed by atoms with Gasteiger partial charge in [-0.15, -0.1) is 0 Å². The van der Waals surface area contributed by atoms with Gasteiger partial charge in [0.2, 0.25) is 5.91 Å². The molecular formula is C18H24N2O3. The third-order valence-electron chi connectivity index (χ3n) is 4.61. The quantitative estimate of drug-likeness (QED) is 0.924. The van der Waals surface area contributed by atoms with Crippen LogP contribution in [0.3, 0.4) is 0 Å². The van der Waals surface area contributed by atoms with E-state index in [0.717, 1.165) is 43.5 Å². The van der Waals surface area contributed by atoms with Crippen molar-refractivity contribution >= 4 is 11.8 Å². The molecule has 0 spiro atoms. The van der Waals surface area contributed by atoms with Gasteiger partial charge in [-0.25, -0.2) is 0 Å². The zero-order chi connectivity index (χ0) is 16.1. The first-order valence-corrected chi connectivity index (χ1v) is 8.48. The van der Waals surface area contributed by atoms with E-state index in [1.807, 2.05) is 29.2 Å². The van der Waals surface area contributed by atoms with Crippen LogP contribution in [-0.2, 0) is 16.1 Å². The van der Waals surface area contributed by atoms with Gasteiger partial charge in [0.1, 0.15) is 0 Å². The fourth-order valence-electron chi connectivity index (χ4n) is 3.12. The van der Waals surface area contributed by atoms with E-state index in [4.69, 9.17) is 4.74 Å². The molecule has 0 bridgehead atoms. The maximum Gasteiger partial charge on any atom is 0.253 e. The lowest BCUT2D eigenvalue weighted by Gasteiger charge is -2.26. The molecule has 0 saturated carbocycles. The van der Waals surface area contributed by atoms with Gasteiger partial charge in [0.15, 0.2) is 0 Å². The number of likely N-dealkylation sites (tertiary alicyclic amines) is 1. The fraction of sp³-hybridized carbons (Fsp3) is 0.556. The van der Waals surface area contributed by atoms with E-state index in [1.54, 1.807) is 0 Å². The van der Waals surface area contributed by atoms with Crippen LogP contribution in [0.25, 0.3) is 0 Å². The molecule has 0 unspecified atom stereocenters. The second-order valence-corrected chi connectivity index (χ2v) is 6.33. The Hall–Kier alpha value is -1.88. The molecule has 1 atom stereocenters. The molecule has 0 aromatic heterocycles. The first kappa shape index (κ1) is 16.0. The molecule has 3 rings (SSSR count). The average molecular weight is 316 g/mol. The zero-order valence-corrected chi connectivity index (χ0v) is 13.4. The van der Waals surface area contributed by atoms with Gasteiger partial charge in [-0.05, 0) is 43.4 Å². The van der Waals surface area contributed by atoms with E-state index in [9.17, 15) is 9.59 Å². The Morgan fingerprint density at radius 2 is 1.87 bits per heavy atom. The van der Waals surface area contributed by atoms with Crippen molar-refractivity contribution in [1.29, 1.82) is 0 Å². The summed E-state index contributed by atoms with van der Waals surface area (Å²) < 4.78 is 5.23. The Morgan fingerprint density at radius 3 is 2.52 bits per heavy atom. The number of hydrogen-bond donors (Lipinski definition) is 1. The second kappa shape index (κ2) is 7.59. The highest BCUT2D eigenvalue weighted by Gasteiger charge is 2.23. The normalized spacial score (nSPS) is 21.2. The maximum atomic E-state index is 12.4. The molecule has 1 N–H and O–H groups in total. The van der Waals surface area contributed by atoms with Gasteiger partial charge in [-0.2, -0.15) is 0 Å². The Balaban J connectivity index is 1.52. The van der Waals surface area contributed by atoms with Gasteiger partial charge in [0.25, 0.3) is 5.91 Å². The summed E-state index contributed by atoms with van der Waals surface area (Å²) in [6, 6.07) is 7.55. The lowest BCUT2D eigenvalue weighted by molar-refractivity contribution is -0.125. The van der Waals surface area contributed by atoms with Crippen LogP contribution < -0.4 is 5.32 Å². The SMILES string of the molecule is O=C(NCc1ccc(C(=O)N2CCCCC2)cc1)[C@H]1CCOC1. The molecule has 2 heterocycles. The third kappa shape index (κ3) is 4.10. The van der Waals surface area contributed by atoms with Crippen molar-refractivity contribution in [2.75, 3.05) is 26.3 Å². The van der Waals surface area contributed by atoms with Crippen LogP contribution in [0.2, 0.25) is 0 Å². The molecule has 2 aliphatic rings. The molecule has 0 aliphatic carbocycles. The van der Waals surface area contributed by atoms with Gasteiger partial charge in [-0.3, -0.25) is 9.59 Å². The Kier molecular flexibility index (Phi) is 5.28. The van der Waals surface area contributed by atoms with Crippen molar-refractivity contribution in [3.8, 4) is 0 Å². The topological polar surface area (TPSA) is 58.6 Å². The molecular weight excluding hydrogens is 292 g/mol. The first-order chi connectivity index (χ1) is 11.2. The minimum atomic E-state index is -0.0186. The summed E-state index contributed by atoms with van der Waals surface area (Å²) in [7, 11) is 0. The summed E-state index contributed by atoms with van der Waals surface area (Å²) in [5.74, 6) is 0.148. The number of hydrogen-bond acceptors (Lipinski definition) is 3. The number of ether oxygens (including phenoxy) is 1. The summed E-state index contributed by atoms with van der Waals surface area (Å²) in [6.07, 6.45) is 4.21. The summed E-state index contributed by atoms with van der Waals surface area (Å²) in [5, 5.41) is 2.94. The highest BCUT2D eigenvalue weighted by molar-refractivity contribution is 5.94. The standard InChI is InChI=1S/C18H24N2O3/c21-17(16-8-11-23-13-16)19-12-14-4-6-15(7-5-14)18(22)20-9-2-1-3-10-20/h4-7,16H,1-3,8-13H2,(H,19,21)/t16-/m0/s1. The highest BCUT2D eigenvalue weighted by Crippen LogP contribution is 2.15. The van der Waals surface area contributed by atoms with Crippen LogP contribution in [-0.4, -0.2) is 43.0 Å². The van der Waals surface area contributed by atoms with Crippen LogP contribution in [0, 0.1) is 5.92 Å². The summed E-state index contributed by atoms with van der Waals surface area (Å²) >= 11 is 0. The van der Waals surface area contributed by atoms with E-state index in [2.05, 4.69) is 5.32 Å². The number of amides is 2. The molecule has 1 aromatic carbocycles. The summed E-state index contributed by atoms with van der Waals surface area (Å²) in [5.41, 5.74) is 1.73. The number of carbonyl (C=O) groups is 2. The summed E-state index contributed by atoms with van der Waals surface area (Å²) in [4.78, 5) is 26.3. The lowest BCUT2D eigenvalue weighted by atomic mass is 10.1. The van der Waals surface area contributed by atoms with Gasteiger partial charge >= 0.3 is 0 Å². The Morgan fingerprint density at radius 1 is 1.13 bits per heavy atom. The molecule has 2 saturated heterocycles. The van der Waals surface area contributed by atoms with Gasteiger partial charge in [-0.1, -0.05) is 12.1 Å². The molecule has 2 fully saturated rings. The van der Waals surface area contributed by atoms with Crippen molar-refractivity contribution in [1.82, 2.24) is 10.2 Å². The number of nitrogens with one attached hydrogen (secondary N) is 1. The highest BCUT2D eigenvalue weighted by atomic mass is 16.5. The van der Waals surface area contributed by atoms with Crippen LogP contribution in [0.4, 0.5) is 0 Å². The largest absolute Gasteiger partial charge is 0.381 e. The first-order valence-electron chi connectivity index (χ1n) is 8.48. The van der Waals surface area contributed by atoms with Crippen molar-refractivity contribution in [2.45, 2.75) is 32.2 Å². The smallest absolute Gasteiger partial charge is 0.253 e. The van der Waals surface area contributed by atoms with Crippen LogP contribution >= 0.6 is 0 Å². The van der Waals surface area contributed by atoms with E-state index >= 15 is 0 Å². The Bertz CT molecular complexity index is 544. The van der Waals surface area contributed by atoms with Gasteiger partial charge in [0.05, 0.1) is 12.5 Å². The maximum absolute atomic E-state index is 12.4. The molecule has 2 amide bonds. The average Bonchev–Trinajstić information content (AvgIpc) is 3.15. The molecule has 2 aliphatic heterocycles. The molecule has 23 heavy (non-hydrogen) atoms. The van der Waals surface area contributed by atoms with Crippen molar-refractivity contribution < 1.29 is 14.3 Å².